The van der Waals surface area contributed by atoms with E-state index in [2.05, 4.69) is 41.7 Å². The van der Waals surface area contributed by atoms with Gasteiger partial charge < -0.3 is 15.1 Å². The summed E-state index contributed by atoms with van der Waals surface area (Å²) < 4.78 is 0. The lowest BCUT2D eigenvalue weighted by atomic mass is 10.2. The Kier molecular flexibility index (Phi) is 7.04. The number of carbonyl (C=O) groups is 1. The number of piperazine rings is 1. The van der Waals surface area contributed by atoms with Gasteiger partial charge in [-0.15, -0.1) is 0 Å². The molecule has 0 unspecified atom stereocenters. The van der Waals surface area contributed by atoms with Crippen LogP contribution in [0.25, 0.3) is 6.08 Å². The van der Waals surface area contributed by atoms with Gasteiger partial charge in [0.05, 0.1) is 6.54 Å². The van der Waals surface area contributed by atoms with Crippen LogP contribution in [0.15, 0.2) is 54.6 Å². The quantitative estimate of drug-likeness (QED) is 0.684. The fourth-order valence-electron chi connectivity index (χ4n) is 3.37. The van der Waals surface area contributed by atoms with Gasteiger partial charge in [-0.25, -0.2) is 0 Å². The molecular formula is C22H28ClN3O+2. The van der Waals surface area contributed by atoms with Crippen molar-refractivity contribution in [2.24, 2.45) is 0 Å². The number of anilines is 1. The average molecular weight is 386 g/mol. The van der Waals surface area contributed by atoms with Crippen LogP contribution < -0.4 is 15.1 Å². The maximum absolute atomic E-state index is 12.3. The van der Waals surface area contributed by atoms with Gasteiger partial charge in [-0.1, -0.05) is 54.1 Å². The van der Waals surface area contributed by atoms with Gasteiger partial charge in [0, 0.05) is 10.7 Å². The molecule has 0 spiro atoms. The first-order valence-corrected chi connectivity index (χ1v) is 9.92. The van der Waals surface area contributed by atoms with Gasteiger partial charge in [0.1, 0.15) is 26.2 Å². The molecule has 1 saturated heterocycles. The predicted octanol–water partition coefficient (Wildman–Crippen LogP) is 1.08. The number of hydrogen-bond donors (Lipinski definition) is 3. The van der Waals surface area contributed by atoms with Crippen molar-refractivity contribution >= 4 is 29.3 Å². The molecule has 5 heteroatoms. The van der Waals surface area contributed by atoms with Gasteiger partial charge in [-0.05, 0) is 36.3 Å². The molecule has 1 aliphatic heterocycles. The predicted molar refractivity (Wildman–Crippen MR) is 111 cm³/mol. The number of halogens is 1. The SMILES string of the molecule is Cc1ccc(NC(=O)C[NH+]2CC[NH+](C/C=C/c3ccccc3)CC2)cc1Cl. The molecule has 0 atom stereocenters. The molecule has 1 heterocycles. The Labute approximate surface area is 166 Å². The summed E-state index contributed by atoms with van der Waals surface area (Å²) in [6.45, 7) is 7.74. The largest absolute Gasteiger partial charge is 0.322 e. The lowest BCUT2D eigenvalue weighted by Crippen LogP contribution is -3.28. The third kappa shape index (κ3) is 6.21. The minimum atomic E-state index is 0.0531. The highest BCUT2D eigenvalue weighted by Crippen LogP contribution is 2.19. The monoisotopic (exact) mass is 385 g/mol. The number of rotatable bonds is 6. The normalized spacial score (nSPS) is 19.9. The summed E-state index contributed by atoms with van der Waals surface area (Å²) in [7, 11) is 0. The number of hydrogen-bond acceptors (Lipinski definition) is 1. The second-order valence-electron chi connectivity index (χ2n) is 7.21. The van der Waals surface area contributed by atoms with E-state index in [1.54, 1.807) is 4.90 Å². The third-order valence-electron chi connectivity index (χ3n) is 5.05. The van der Waals surface area contributed by atoms with Crippen molar-refractivity contribution in [3.8, 4) is 0 Å². The van der Waals surface area contributed by atoms with Crippen LogP contribution >= 0.6 is 11.6 Å². The third-order valence-corrected chi connectivity index (χ3v) is 5.45. The summed E-state index contributed by atoms with van der Waals surface area (Å²) in [6, 6.07) is 16.0. The van der Waals surface area contributed by atoms with Crippen molar-refractivity contribution < 1.29 is 14.6 Å². The molecule has 4 nitrogen and oxygen atoms in total. The molecule has 0 aliphatic carbocycles. The molecular weight excluding hydrogens is 358 g/mol. The molecule has 2 aromatic carbocycles. The smallest absolute Gasteiger partial charge is 0.279 e. The fourth-order valence-corrected chi connectivity index (χ4v) is 3.55. The second-order valence-corrected chi connectivity index (χ2v) is 7.61. The highest BCUT2D eigenvalue weighted by Gasteiger charge is 2.24. The molecule has 0 saturated carbocycles. The van der Waals surface area contributed by atoms with Crippen LogP contribution in [0, 0.1) is 6.92 Å². The Morgan fingerprint density at radius 3 is 2.48 bits per heavy atom. The standard InChI is InChI=1S/C22H26ClN3O/c1-18-9-10-20(16-21(18)23)24-22(27)17-26-14-12-25(13-15-26)11-5-8-19-6-3-2-4-7-19/h2-10,16H,11-15,17H2,1H3,(H,24,27)/p+2/b8-5+. The van der Waals surface area contributed by atoms with Crippen molar-refractivity contribution in [3.05, 3.63) is 70.8 Å². The topological polar surface area (TPSA) is 38.0 Å². The lowest BCUT2D eigenvalue weighted by molar-refractivity contribution is -1.01. The van der Waals surface area contributed by atoms with Gasteiger partial charge >= 0.3 is 0 Å². The minimum absolute atomic E-state index is 0.0531. The fraction of sp³-hybridized carbons (Fsp3) is 0.318. The Morgan fingerprint density at radius 2 is 1.78 bits per heavy atom. The molecule has 1 fully saturated rings. The van der Waals surface area contributed by atoms with Crippen molar-refractivity contribution in [3.63, 3.8) is 0 Å². The van der Waals surface area contributed by atoms with Crippen molar-refractivity contribution in [1.82, 2.24) is 0 Å². The van der Waals surface area contributed by atoms with E-state index in [0.717, 1.165) is 44.0 Å². The number of aryl methyl sites for hydroxylation is 1. The first-order chi connectivity index (χ1) is 13.1. The molecule has 142 valence electrons. The molecule has 0 radical (unpaired) electrons. The minimum Gasteiger partial charge on any atom is -0.322 e. The van der Waals surface area contributed by atoms with Crippen molar-refractivity contribution in [2.75, 3.05) is 44.6 Å². The zero-order valence-corrected chi connectivity index (χ0v) is 16.6. The number of quaternary nitrogens is 2. The van der Waals surface area contributed by atoms with Gasteiger partial charge in [0.25, 0.3) is 5.91 Å². The number of nitrogens with one attached hydrogen (secondary N) is 3. The zero-order chi connectivity index (χ0) is 19.1. The van der Waals surface area contributed by atoms with E-state index in [9.17, 15) is 4.79 Å². The summed E-state index contributed by atoms with van der Waals surface area (Å²) in [6.07, 6.45) is 4.44. The molecule has 2 aromatic rings. The van der Waals surface area contributed by atoms with E-state index < -0.39 is 0 Å². The number of carbonyl (C=O) groups excluding carboxylic acids is 1. The van der Waals surface area contributed by atoms with Crippen molar-refractivity contribution in [1.29, 1.82) is 0 Å². The molecule has 1 amide bonds. The average Bonchev–Trinajstić information content (AvgIpc) is 2.67. The molecule has 3 rings (SSSR count). The van der Waals surface area contributed by atoms with Crippen LogP contribution in [0.5, 0.6) is 0 Å². The maximum atomic E-state index is 12.3. The van der Waals surface area contributed by atoms with Crippen LogP contribution in [0.1, 0.15) is 11.1 Å². The zero-order valence-electron chi connectivity index (χ0n) is 15.8. The summed E-state index contributed by atoms with van der Waals surface area (Å²) in [5.41, 5.74) is 3.03. The Hall–Kier alpha value is -2.14. The first-order valence-electron chi connectivity index (χ1n) is 9.55. The van der Waals surface area contributed by atoms with E-state index in [-0.39, 0.29) is 5.91 Å². The van der Waals surface area contributed by atoms with E-state index in [0.29, 0.717) is 11.6 Å². The van der Waals surface area contributed by atoms with Gasteiger partial charge in [0.2, 0.25) is 0 Å². The van der Waals surface area contributed by atoms with Crippen LogP contribution in [-0.2, 0) is 4.79 Å². The molecule has 0 bridgehead atoms. The summed E-state index contributed by atoms with van der Waals surface area (Å²) in [4.78, 5) is 15.2. The molecule has 1 aliphatic rings. The van der Waals surface area contributed by atoms with Gasteiger partial charge in [-0.2, -0.15) is 0 Å². The second kappa shape index (κ2) is 9.70. The highest BCUT2D eigenvalue weighted by atomic mass is 35.5. The van der Waals surface area contributed by atoms with E-state index >= 15 is 0 Å². The van der Waals surface area contributed by atoms with Crippen LogP contribution in [0.2, 0.25) is 5.02 Å². The first kappa shape index (κ1) is 19.6. The summed E-state index contributed by atoms with van der Waals surface area (Å²) >= 11 is 6.12. The molecule has 0 aromatic heterocycles. The van der Waals surface area contributed by atoms with Crippen LogP contribution in [0.4, 0.5) is 5.69 Å². The molecule has 27 heavy (non-hydrogen) atoms. The summed E-state index contributed by atoms with van der Waals surface area (Å²) in [5, 5.41) is 3.64. The van der Waals surface area contributed by atoms with Gasteiger partial charge in [0.15, 0.2) is 6.54 Å². The Morgan fingerprint density at radius 1 is 1.07 bits per heavy atom. The van der Waals surface area contributed by atoms with Gasteiger partial charge in [-0.3, -0.25) is 4.79 Å². The lowest BCUT2D eigenvalue weighted by Gasteiger charge is -2.28. The molecule has 3 N–H and O–H groups in total. The van der Waals surface area contributed by atoms with E-state index in [1.165, 1.54) is 10.5 Å². The highest BCUT2D eigenvalue weighted by molar-refractivity contribution is 6.31. The maximum Gasteiger partial charge on any atom is 0.279 e. The Bertz CT molecular complexity index is 783. The van der Waals surface area contributed by atoms with Crippen molar-refractivity contribution in [2.45, 2.75) is 6.92 Å². The summed E-state index contributed by atoms with van der Waals surface area (Å²) in [5.74, 6) is 0.0531. The number of benzene rings is 2. The van der Waals surface area contributed by atoms with Crippen LogP contribution in [0.3, 0.4) is 0 Å². The van der Waals surface area contributed by atoms with Crippen LogP contribution in [-0.4, -0.2) is 45.2 Å². The van der Waals surface area contributed by atoms with E-state index in [1.807, 2.05) is 31.2 Å². The van der Waals surface area contributed by atoms with E-state index in [4.69, 9.17) is 11.6 Å². The number of amides is 1. The Balaban J connectivity index is 1.39.